The van der Waals surface area contributed by atoms with Crippen LogP contribution in [0.3, 0.4) is 0 Å². The van der Waals surface area contributed by atoms with Gasteiger partial charge in [0.15, 0.2) is 6.10 Å². The van der Waals surface area contributed by atoms with Gasteiger partial charge in [-0.05, 0) is 12.1 Å². The molecular weight excluding hydrogens is 282 g/mol. The summed E-state index contributed by atoms with van der Waals surface area (Å²) < 4.78 is 7.49. The Morgan fingerprint density at radius 3 is 3.00 bits per heavy atom. The van der Waals surface area contributed by atoms with E-state index in [9.17, 15) is 4.79 Å². The number of rotatable bonds is 4. The first kappa shape index (κ1) is 14.4. The molecule has 0 radical (unpaired) electrons. The van der Waals surface area contributed by atoms with Gasteiger partial charge in [-0.15, -0.1) is 0 Å². The summed E-state index contributed by atoms with van der Waals surface area (Å²) in [4.78, 5) is 18.4. The summed E-state index contributed by atoms with van der Waals surface area (Å²) in [5, 5.41) is 6.90. The number of likely N-dealkylation sites (N-methyl/N-ethyl adjacent to an activating group) is 1. The topological polar surface area (TPSA) is 72.3 Å². The van der Waals surface area contributed by atoms with Gasteiger partial charge in [-0.25, -0.2) is 4.98 Å². The van der Waals surface area contributed by atoms with Gasteiger partial charge < -0.3 is 15.0 Å². The van der Waals surface area contributed by atoms with Crippen LogP contribution in [-0.4, -0.2) is 46.9 Å². The van der Waals surface area contributed by atoms with E-state index in [-0.39, 0.29) is 5.91 Å². The number of hydrogen-bond donors (Lipinski definition) is 1. The van der Waals surface area contributed by atoms with Crippen LogP contribution in [0.4, 0.5) is 5.69 Å². The lowest BCUT2D eigenvalue weighted by molar-refractivity contribution is -0.127. The number of nitrogens with zero attached hydrogens (tertiary/aromatic N) is 4. The summed E-state index contributed by atoms with van der Waals surface area (Å²) >= 11 is 0. The number of nitrogens with one attached hydrogen (secondary N) is 1. The van der Waals surface area contributed by atoms with Crippen molar-refractivity contribution in [1.82, 2.24) is 20.1 Å². The molecule has 2 aromatic rings. The Hall–Kier alpha value is -2.57. The van der Waals surface area contributed by atoms with Crippen LogP contribution in [0, 0.1) is 0 Å². The minimum atomic E-state index is -0.501. The molecular formula is C15H19N5O2. The van der Waals surface area contributed by atoms with Crippen molar-refractivity contribution in [2.75, 3.05) is 25.0 Å². The van der Waals surface area contributed by atoms with Crippen molar-refractivity contribution in [3.8, 4) is 5.75 Å². The molecule has 1 aliphatic rings. The zero-order valence-corrected chi connectivity index (χ0v) is 12.7. The largest absolute Gasteiger partial charge is 0.477 e. The summed E-state index contributed by atoms with van der Waals surface area (Å²) in [6.07, 6.45) is 1.65. The molecule has 0 bridgehead atoms. The molecule has 0 aliphatic carbocycles. The number of fused-ring (bicyclic) bond motifs is 1. The molecule has 0 saturated carbocycles. The smallest absolute Gasteiger partial charge is 0.262 e. The molecule has 0 saturated heterocycles. The van der Waals surface area contributed by atoms with Gasteiger partial charge in [0.25, 0.3) is 5.91 Å². The summed E-state index contributed by atoms with van der Waals surface area (Å²) in [5.41, 5.74) is 1.01. The SMILES string of the molecule is CN1C[C@H](C(=O)NCCc2ncnn2C)Oc2ccccc21. The highest BCUT2D eigenvalue weighted by Gasteiger charge is 2.28. The number of carbonyl (C=O) groups excluding carboxylic acids is 1. The van der Waals surface area contributed by atoms with E-state index in [1.165, 1.54) is 6.33 Å². The van der Waals surface area contributed by atoms with Gasteiger partial charge in [0.05, 0.1) is 12.2 Å². The molecule has 1 N–H and O–H groups in total. The molecule has 7 nitrogen and oxygen atoms in total. The van der Waals surface area contributed by atoms with Crippen LogP contribution < -0.4 is 15.0 Å². The molecule has 22 heavy (non-hydrogen) atoms. The maximum atomic E-state index is 12.3. The van der Waals surface area contributed by atoms with Gasteiger partial charge in [0.2, 0.25) is 0 Å². The zero-order valence-electron chi connectivity index (χ0n) is 12.7. The fourth-order valence-corrected chi connectivity index (χ4v) is 2.50. The second kappa shape index (κ2) is 6.05. The highest BCUT2D eigenvalue weighted by Crippen LogP contribution is 2.31. The van der Waals surface area contributed by atoms with Gasteiger partial charge in [0, 0.05) is 27.1 Å². The van der Waals surface area contributed by atoms with Crippen LogP contribution in [-0.2, 0) is 18.3 Å². The van der Waals surface area contributed by atoms with Crippen molar-refractivity contribution < 1.29 is 9.53 Å². The van der Waals surface area contributed by atoms with Crippen LogP contribution in [0.15, 0.2) is 30.6 Å². The lowest BCUT2D eigenvalue weighted by Gasteiger charge is -2.32. The molecule has 1 aliphatic heterocycles. The van der Waals surface area contributed by atoms with Crippen molar-refractivity contribution >= 4 is 11.6 Å². The van der Waals surface area contributed by atoms with Crippen LogP contribution >= 0.6 is 0 Å². The third kappa shape index (κ3) is 2.88. The quantitative estimate of drug-likeness (QED) is 0.883. The van der Waals surface area contributed by atoms with Gasteiger partial charge in [-0.3, -0.25) is 9.48 Å². The standard InChI is InChI=1S/C15H19N5O2/c1-19-9-13(22-12-6-4-3-5-11(12)19)15(21)16-8-7-14-17-10-18-20(14)2/h3-6,10,13H,7-9H2,1-2H3,(H,16,21)/t13-/m1/s1. The summed E-state index contributed by atoms with van der Waals surface area (Å²) in [6.45, 7) is 1.05. The first-order chi connectivity index (χ1) is 10.6. The van der Waals surface area contributed by atoms with E-state index >= 15 is 0 Å². The fourth-order valence-electron chi connectivity index (χ4n) is 2.50. The predicted molar refractivity (Wildman–Crippen MR) is 81.8 cm³/mol. The van der Waals surface area contributed by atoms with E-state index in [0.717, 1.165) is 17.3 Å². The van der Waals surface area contributed by atoms with E-state index in [1.54, 1.807) is 4.68 Å². The summed E-state index contributed by atoms with van der Waals surface area (Å²) in [6, 6.07) is 7.73. The minimum Gasteiger partial charge on any atom is -0.477 e. The average Bonchev–Trinajstić information content (AvgIpc) is 2.92. The van der Waals surface area contributed by atoms with Gasteiger partial charge >= 0.3 is 0 Å². The molecule has 3 rings (SSSR count). The van der Waals surface area contributed by atoms with Gasteiger partial charge in [-0.1, -0.05) is 12.1 Å². The fraction of sp³-hybridized carbons (Fsp3) is 0.400. The number of para-hydroxylation sites is 2. The van der Waals surface area contributed by atoms with E-state index in [4.69, 9.17) is 4.74 Å². The molecule has 1 aromatic carbocycles. The second-order valence-electron chi connectivity index (χ2n) is 5.30. The predicted octanol–water partition coefficient (Wildman–Crippen LogP) is 0.371. The first-order valence-electron chi connectivity index (χ1n) is 7.22. The molecule has 2 heterocycles. The number of amides is 1. The van der Waals surface area contributed by atoms with Crippen molar-refractivity contribution in [3.05, 3.63) is 36.4 Å². The van der Waals surface area contributed by atoms with E-state index < -0.39 is 6.10 Å². The highest BCUT2D eigenvalue weighted by atomic mass is 16.5. The number of carbonyl (C=O) groups is 1. The molecule has 0 unspecified atom stereocenters. The minimum absolute atomic E-state index is 0.108. The Balaban J connectivity index is 1.56. The summed E-state index contributed by atoms with van der Waals surface area (Å²) in [5.74, 6) is 1.47. The number of anilines is 1. The van der Waals surface area contributed by atoms with Crippen LogP contribution in [0.2, 0.25) is 0 Å². The Labute approximate surface area is 128 Å². The molecule has 7 heteroatoms. The lowest BCUT2D eigenvalue weighted by Crippen LogP contribution is -2.48. The molecule has 0 spiro atoms. The second-order valence-corrected chi connectivity index (χ2v) is 5.30. The number of hydrogen-bond acceptors (Lipinski definition) is 5. The number of ether oxygens (including phenoxy) is 1. The van der Waals surface area contributed by atoms with Crippen LogP contribution in [0.5, 0.6) is 5.75 Å². The monoisotopic (exact) mass is 301 g/mol. The highest BCUT2D eigenvalue weighted by molar-refractivity contribution is 5.83. The molecule has 0 fully saturated rings. The molecule has 1 amide bonds. The Morgan fingerprint density at radius 1 is 1.41 bits per heavy atom. The van der Waals surface area contributed by atoms with E-state index in [2.05, 4.69) is 15.4 Å². The lowest BCUT2D eigenvalue weighted by atomic mass is 10.2. The number of aromatic nitrogens is 3. The molecule has 1 aromatic heterocycles. The Kier molecular flexibility index (Phi) is 3.95. The Bertz CT molecular complexity index is 669. The van der Waals surface area contributed by atoms with Crippen molar-refractivity contribution in [1.29, 1.82) is 0 Å². The van der Waals surface area contributed by atoms with Crippen molar-refractivity contribution in [2.24, 2.45) is 7.05 Å². The van der Waals surface area contributed by atoms with E-state index in [1.807, 2.05) is 43.3 Å². The molecule has 116 valence electrons. The van der Waals surface area contributed by atoms with Crippen molar-refractivity contribution in [2.45, 2.75) is 12.5 Å². The van der Waals surface area contributed by atoms with Crippen molar-refractivity contribution in [3.63, 3.8) is 0 Å². The third-order valence-corrected chi connectivity index (χ3v) is 3.73. The normalized spacial score (nSPS) is 16.8. The van der Waals surface area contributed by atoms with E-state index in [0.29, 0.717) is 19.5 Å². The van der Waals surface area contributed by atoms with Gasteiger partial charge in [-0.2, -0.15) is 5.10 Å². The average molecular weight is 301 g/mol. The number of aryl methyl sites for hydroxylation is 1. The number of benzene rings is 1. The van der Waals surface area contributed by atoms with Crippen LogP contribution in [0.25, 0.3) is 0 Å². The zero-order chi connectivity index (χ0) is 15.5. The molecule has 1 atom stereocenters. The maximum absolute atomic E-state index is 12.3. The maximum Gasteiger partial charge on any atom is 0.262 e. The first-order valence-corrected chi connectivity index (χ1v) is 7.22. The van der Waals surface area contributed by atoms with Crippen LogP contribution in [0.1, 0.15) is 5.82 Å². The third-order valence-electron chi connectivity index (χ3n) is 3.73. The summed E-state index contributed by atoms with van der Waals surface area (Å²) in [7, 11) is 3.79. The van der Waals surface area contributed by atoms with Gasteiger partial charge in [0.1, 0.15) is 17.9 Å². The Morgan fingerprint density at radius 2 is 2.23 bits per heavy atom.